The Morgan fingerprint density at radius 1 is 0.857 bits per heavy atom. The van der Waals surface area contributed by atoms with Gasteiger partial charge in [-0.15, -0.1) is 0 Å². The molecule has 7 heteroatoms. The van der Waals surface area contributed by atoms with E-state index in [2.05, 4.69) is 6.92 Å². The number of carbonyl (C=O) groups is 2. The van der Waals surface area contributed by atoms with Crippen LogP contribution >= 0.6 is 0 Å². The number of methoxy groups -OCH3 is 3. The standard InChI is InChI=1S/C28H36N2O5/c1-6-7-8-9-15-30-16-14-26(31)29(2)23(28(30)32)17-20-10-12-21(13-11-20)22-18-24(33-3)27(35-5)25(19-22)34-4/h10-14,16,18-19,23H,6-9,15,17H2,1-5H3. The molecule has 3 rings (SSSR count). The van der Waals surface area contributed by atoms with Gasteiger partial charge in [-0.25, -0.2) is 0 Å². The van der Waals surface area contributed by atoms with E-state index in [1.54, 1.807) is 39.5 Å². The van der Waals surface area contributed by atoms with Gasteiger partial charge in [-0.05, 0) is 35.2 Å². The Labute approximate surface area is 208 Å². The fraction of sp³-hybridized carbons (Fsp3) is 0.429. The summed E-state index contributed by atoms with van der Waals surface area (Å²) >= 11 is 0. The number of hydrogen-bond donors (Lipinski definition) is 0. The number of carbonyl (C=O) groups excluding carboxylic acids is 2. The molecule has 0 N–H and O–H groups in total. The Morgan fingerprint density at radius 3 is 2.09 bits per heavy atom. The Kier molecular flexibility index (Phi) is 9.18. The summed E-state index contributed by atoms with van der Waals surface area (Å²) in [6.07, 6.45) is 7.87. The van der Waals surface area contributed by atoms with Crippen molar-refractivity contribution in [1.29, 1.82) is 0 Å². The van der Waals surface area contributed by atoms with Crippen LogP contribution in [0.25, 0.3) is 11.1 Å². The highest BCUT2D eigenvalue weighted by Crippen LogP contribution is 2.41. The first-order chi connectivity index (χ1) is 16.9. The lowest BCUT2D eigenvalue weighted by molar-refractivity contribution is -0.139. The summed E-state index contributed by atoms with van der Waals surface area (Å²) in [7, 11) is 6.45. The first kappa shape index (κ1) is 26.1. The minimum atomic E-state index is -0.546. The highest BCUT2D eigenvalue weighted by molar-refractivity contribution is 5.95. The molecule has 2 aromatic rings. The van der Waals surface area contributed by atoms with Crippen molar-refractivity contribution >= 4 is 11.8 Å². The third-order valence-electron chi connectivity index (χ3n) is 6.41. The van der Waals surface area contributed by atoms with Crippen molar-refractivity contribution in [2.75, 3.05) is 34.9 Å². The summed E-state index contributed by atoms with van der Waals surface area (Å²) in [6.45, 7) is 2.79. The summed E-state index contributed by atoms with van der Waals surface area (Å²) in [5, 5.41) is 0. The van der Waals surface area contributed by atoms with E-state index in [0.717, 1.165) is 42.4 Å². The van der Waals surface area contributed by atoms with Gasteiger partial charge in [0.2, 0.25) is 17.6 Å². The normalized spacial score (nSPS) is 15.9. The second kappa shape index (κ2) is 12.3. The lowest BCUT2D eigenvalue weighted by Crippen LogP contribution is -2.46. The van der Waals surface area contributed by atoms with Crippen LogP contribution in [0.15, 0.2) is 48.7 Å². The second-order valence-electron chi connectivity index (χ2n) is 8.69. The maximum atomic E-state index is 13.3. The van der Waals surface area contributed by atoms with Gasteiger partial charge in [-0.3, -0.25) is 9.59 Å². The van der Waals surface area contributed by atoms with Crippen LogP contribution in [0, 0.1) is 0 Å². The topological polar surface area (TPSA) is 68.3 Å². The van der Waals surface area contributed by atoms with E-state index in [-0.39, 0.29) is 11.8 Å². The molecule has 0 saturated carbocycles. The maximum absolute atomic E-state index is 13.3. The molecule has 0 bridgehead atoms. The van der Waals surface area contributed by atoms with Crippen LogP contribution in [0.5, 0.6) is 17.2 Å². The highest BCUT2D eigenvalue weighted by atomic mass is 16.5. The van der Waals surface area contributed by atoms with Gasteiger partial charge < -0.3 is 24.0 Å². The SMILES string of the molecule is CCCCCCN1C=CC(=O)N(C)C(Cc2ccc(-c3cc(OC)c(OC)c(OC)c3)cc2)C1=O. The minimum absolute atomic E-state index is 0.0418. The van der Waals surface area contributed by atoms with Crippen LogP contribution in [0.4, 0.5) is 0 Å². The number of ether oxygens (including phenoxy) is 3. The molecule has 0 fully saturated rings. The average Bonchev–Trinajstić information content (AvgIpc) is 2.98. The molecule has 0 aliphatic carbocycles. The summed E-state index contributed by atoms with van der Waals surface area (Å²) in [6, 6.07) is 11.2. The van der Waals surface area contributed by atoms with E-state index in [1.165, 1.54) is 11.0 Å². The average molecular weight is 481 g/mol. The van der Waals surface area contributed by atoms with Crippen LogP contribution < -0.4 is 14.2 Å². The molecule has 7 nitrogen and oxygen atoms in total. The smallest absolute Gasteiger partial charge is 0.249 e. The zero-order chi connectivity index (χ0) is 25.4. The quantitative estimate of drug-likeness (QED) is 0.437. The van der Waals surface area contributed by atoms with Gasteiger partial charge in [-0.1, -0.05) is 50.5 Å². The third-order valence-corrected chi connectivity index (χ3v) is 6.41. The number of amides is 2. The largest absolute Gasteiger partial charge is 0.493 e. The van der Waals surface area contributed by atoms with Crippen molar-refractivity contribution in [1.82, 2.24) is 9.80 Å². The Morgan fingerprint density at radius 2 is 1.51 bits per heavy atom. The van der Waals surface area contributed by atoms with E-state index in [9.17, 15) is 9.59 Å². The van der Waals surface area contributed by atoms with Crippen LogP contribution in [0.2, 0.25) is 0 Å². The lowest BCUT2D eigenvalue weighted by atomic mass is 9.99. The maximum Gasteiger partial charge on any atom is 0.249 e. The molecule has 35 heavy (non-hydrogen) atoms. The van der Waals surface area contributed by atoms with E-state index in [0.29, 0.717) is 30.2 Å². The van der Waals surface area contributed by atoms with E-state index in [1.807, 2.05) is 36.4 Å². The van der Waals surface area contributed by atoms with Crippen LogP contribution in [0.3, 0.4) is 0 Å². The molecule has 1 heterocycles. The fourth-order valence-corrected chi connectivity index (χ4v) is 4.28. The first-order valence-electron chi connectivity index (χ1n) is 12.1. The summed E-state index contributed by atoms with van der Waals surface area (Å²) < 4.78 is 16.4. The summed E-state index contributed by atoms with van der Waals surface area (Å²) in [5.74, 6) is 1.51. The monoisotopic (exact) mass is 480 g/mol. The number of rotatable bonds is 11. The Bertz CT molecular complexity index is 1020. The zero-order valence-electron chi connectivity index (χ0n) is 21.4. The highest BCUT2D eigenvalue weighted by Gasteiger charge is 2.31. The van der Waals surface area contributed by atoms with Gasteiger partial charge in [0.1, 0.15) is 6.04 Å². The molecule has 0 spiro atoms. The van der Waals surface area contributed by atoms with Crippen LogP contribution in [0.1, 0.15) is 38.2 Å². The molecular formula is C28H36N2O5. The number of nitrogens with zero attached hydrogens (tertiary/aromatic N) is 2. The van der Waals surface area contributed by atoms with E-state index >= 15 is 0 Å². The summed E-state index contributed by atoms with van der Waals surface area (Å²) in [5.41, 5.74) is 2.88. The second-order valence-corrected chi connectivity index (χ2v) is 8.69. The van der Waals surface area contributed by atoms with Crippen molar-refractivity contribution in [3.8, 4) is 28.4 Å². The number of benzene rings is 2. The molecule has 1 unspecified atom stereocenters. The molecule has 2 aromatic carbocycles. The molecule has 1 aliphatic heterocycles. The molecule has 1 atom stereocenters. The van der Waals surface area contributed by atoms with Crippen molar-refractivity contribution < 1.29 is 23.8 Å². The zero-order valence-corrected chi connectivity index (χ0v) is 21.4. The minimum Gasteiger partial charge on any atom is -0.493 e. The third kappa shape index (κ3) is 6.15. The van der Waals surface area contributed by atoms with Crippen molar-refractivity contribution in [2.24, 2.45) is 0 Å². The first-order valence-corrected chi connectivity index (χ1v) is 12.1. The number of likely N-dealkylation sites (N-methyl/N-ethyl adjacent to an activating group) is 1. The molecular weight excluding hydrogens is 444 g/mol. The number of unbranched alkanes of at least 4 members (excludes halogenated alkanes) is 3. The van der Waals surface area contributed by atoms with Gasteiger partial charge in [0.25, 0.3) is 0 Å². The predicted molar refractivity (Wildman–Crippen MR) is 137 cm³/mol. The molecule has 188 valence electrons. The van der Waals surface area contributed by atoms with Gasteiger partial charge in [0.05, 0.1) is 21.3 Å². The molecule has 0 saturated heterocycles. The Balaban J connectivity index is 1.79. The van der Waals surface area contributed by atoms with Gasteiger partial charge in [0.15, 0.2) is 11.5 Å². The van der Waals surface area contributed by atoms with Gasteiger partial charge in [0, 0.05) is 32.3 Å². The molecule has 1 aliphatic rings. The van der Waals surface area contributed by atoms with Crippen molar-refractivity contribution in [3.63, 3.8) is 0 Å². The predicted octanol–water partition coefficient (Wildman–Crippen LogP) is 4.69. The fourth-order valence-electron chi connectivity index (χ4n) is 4.28. The Hall–Kier alpha value is -3.48. The van der Waals surface area contributed by atoms with E-state index < -0.39 is 6.04 Å². The van der Waals surface area contributed by atoms with Crippen LogP contribution in [-0.2, 0) is 16.0 Å². The van der Waals surface area contributed by atoms with Crippen molar-refractivity contribution in [3.05, 3.63) is 54.2 Å². The summed E-state index contributed by atoms with van der Waals surface area (Å²) in [4.78, 5) is 29.1. The van der Waals surface area contributed by atoms with Gasteiger partial charge >= 0.3 is 0 Å². The molecule has 2 amide bonds. The van der Waals surface area contributed by atoms with Crippen molar-refractivity contribution in [2.45, 2.75) is 45.1 Å². The lowest BCUT2D eigenvalue weighted by Gasteiger charge is -2.28. The molecule has 0 aromatic heterocycles. The van der Waals surface area contributed by atoms with E-state index in [4.69, 9.17) is 14.2 Å². The number of hydrogen-bond acceptors (Lipinski definition) is 5. The van der Waals surface area contributed by atoms with Gasteiger partial charge in [-0.2, -0.15) is 0 Å². The van der Waals surface area contributed by atoms with Crippen LogP contribution in [-0.4, -0.2) is 62.6 Å². The molecule has 0 radical (unpaired) electrons.